The summed E-state index contributed by atoms with van der Waals surface area (Å²) in [6.45, 7) is 1.98. The first kappa shape index (κ1) is 17.1. The molecule has 1 aliphatic rings. The maximum absolute atomic E-state index is 12.5. The fourth-order valence-corrected chi connectivity index (χ4v) is 3.30. The van der Waals surface area contributed by atoms with Gasteiger partial charge in [0, 0.05) is 25.1 Å². The summed E-state index contributed by atoms with van der Waals surface area (Å²) in [4.78, 5) is 14.4. The monoisotopic (exact) mass is 384 g/mol. The molecule has 0 radical (unpaired) electrons. The van der Waals surface area contributed by atoms with Crippen molar-refractivity contribution in [3.63, 3.8) is 0 Å². The van der Waals surface area contributed by atoms with Crippen molar-refractivity contribution in [3.8, 4) is 0 Å². The molecule has 1 amide bonds. The van der Waals surface area contributed by atoms with E-state index in [9.17, 15) is 4.79 Å². The number of hydrogen-bond acceptors (Lipinski definition) is 3. The molecule has 0 aliphatic carbocycles. The second kappa shape index (κ2) is 7.31. The standard InChI is InChI=1S/C16H17BrN2O2.ClH/c17-15-6-12(10-21-15)16(20)19-8-13(7-18)14(9-19)11-4-2-1-3-5-11;/h1-6,10,13-14H,7-9,18H2;1H/t13-,14+;/m1./s1. The molecule has 2 heterocycles. The number of nitrogens with zero attached hydrogens (tertiary/aromatic N) is 1. The molecule has 0 saturated carbocycles. The third-order valence-corrected chi connectivity index (χ3v) is 4.49. The van der Waals surface area contributed by atoms with Gasteiger partial charge in [0.25, 0.3) is 5.91 Å². The highest BCUT2D eigenvalue weighted by molar-refractivity contribution is 9.10. The van der Waals surface area contributed by atoms with Crippen LogP contribution in [-0.2, 0) is 0 Å². The molecule has 0 spiro atoms. The van der Waals surface area contributed by atoms with Crippen LogP contribution in [0, 0.1) is 5.92 Å². The Bertz CT molecular complexity index is 632. The van der Waals surface area contributed by atoms with Crippen LogP contribution in [0.4, 0.5) is 0 Å². The van der Waals surface area contributed by atoms with Gasteiger partial charge in [-0.1, -0.05) is 30.3 Å². The number of benzene rings is 1. The number of amides is 1. The molecular formula is C16H18BrClN2O2. The van der Waals surface area contributed by atoms with E-state index < -0.39 is 0 Å². The fourth-order valence-electron chi connectivity index (χ4n) is 2.96. The van der Waals surface area contributed by atoms with Crippen LogP contribution < -0.4 is 5.73 Å². The summed E-state index contributed by atoms with van der Waals surface area (Å²) in [5.74, 6) is 0.600. The number of halogens is 2. The molecule has 22 heavy (non-hydrogen) atoms. The summed E-state index contributed by atoms with van der Waals surface area (Å²) in [7, 11) is 0. The average molecular weight is 386 g/mol. The van der Waals surface area contributed by atoms with E-state index in [1.807, 2.05) is 23.1 Å². The number of carbonyl (C=O) groups excluding carboxylic acids is 1. The zero-order chi connectivity index (χ0) is 14.8. The average Bonchev–Trinajstić information content (AvgIpc) is 3.13. The van der Waals surface area contributed by atoms with Crippen molar-refractivity contribution in [2.24, 2.45) is 11.7 Å². The quantitative estimate of drug-likeness (QED) is 0.882. The van der Waals surface area contributed by atoms with Crippen LogP contribution in [0.5, 0.6) is 0 Å². The Morgan fingerprint density at radius 3 is 2.64 bits per heavy atom. The van der Waals surface area contributed by atoms with E-state index in [1.165, 1.54) is 11.8 Å². The highest BCUT2D eigenvalue weighted by Crippen LogP contribution is 2.33. The smallest absolute Gasteiger partial charge is 0.257 e. The molecule has 3 rings (SSSR count). The molecule has 0 bridgehead atoms. The molecule has 1 saturated heterocycles. The van der Waals surface area contributed by atoms with Crippen LogP contribution in [0.1, 0.15) is 21.8 Å². The Balaban J connectivity index is 0.00000176. The number of rotatable bonds is 3. The third kappa shape index (κ3) is 3.37. The normalized spacial score (nSPS) is 20.7. The summed E-state index contributed by atoms with van der Waals surface area (Å²) in [6, 6.07) is 12.0. The molecule has 1 aromatic heterocycles. The second-order valence-corrected chi connectivity index (χ2v) is 6.14. The van der Waals surface area contributed by atoms with E-state index in [0.29, 0.717) is 41.7 Å². The van der Waals surface area contributed by atoms with E-state index in [-0.39, 0.29) is 18.3 Å². The molecule has 1 fully saturated rings. The highest BCUT2D eigenvalue weighted by atomic mass is 79.9. The van der Waals surface area contributed by atoms with Crippen molar-refractivity contribution in [1.29, 1.82) is 0 Å². The molecular weight excluding hydrogens is 368 g/mol. The zero-order valence-electron chi connectivity index (χ0n) is 11.9. The van der Waals surface area contributed by atoms with E-state index in [0.717, 1.165) is 0 Å². The van der Waals surface area contributed by atoms with Gasteiger partial charge in [-0.25, -0.2) is 0 Å². The lowest BCUT2D eigenvalue weighted by Gasteiger charge is -2.16. The SMILES string of the molecule is Cl.NC[C@@H]1CN(C(=O)c2coc(Br)c2)C[C@H]1c1ccccc1. The second-order valence-electron chi connectivity index (χ2n) is 5.36. The minimum Gasteiger partial charge on any atom is -0.457 e. The molecule has 2 atom stereocenters. The van der Waals surface area contributed by atoms with Crippen LogP contribution in [0.15, 0.2) is 51.7 Å². The van der Waals surface area contributed by atoms with Gasteiger partial charge in [-0.15, -0.1) is 12.4 Å². The van der Waals surface area contributed by atoms with Gasteiger partial charge in [-0.3, -0.25) is 4.79 Å². The van der Waals surface area contributed by atoms with E-state index >= 15 is 0 Å². The predicted molar refractivity (Wildman–Crippen MR) is 91.3 cm³/mol. The van der Waals surface area contributed by atoms with Gasteiger partial charge in [0.1, 0.15) is 6.26 Å². The Hall–Kier alpha value is -1.30. The predicted octanol–water partition coefficient (Wildman–Crippen LogP) is 3.28. The van der Waals surface area contributed by atoms with Gasteiger partial charge in [0.2, 0.25) is 0 Å². The van der Waals surface area contributed by atoms with Gasteiger partial charge < -0.3 is 15.1 Å². The van der Waals surface area contributed by atoms with Gasteiger partial charge in [0.15, 0.2) is 4.67 Å². The lowest BCUT2D eigenvalue weighted by atomic mass is 9.89. The van der Waals surface area contributed by atoms with Crippen LogP contribution in [0.3, 0.4) is 0 Å². The third-order valence-electron chi connectivity index (χ3n) is 4.07. The molecule has 2 N–H and O–H groups in total. The zero-order valence-corrected chi connectivity index (χ0v) is 14.3. The van der Waals surface area contributed by atoms with Crippen LogP contribution >= 0.6 is 28.3 Å². The summed E-state index contributed by atoms with van der Waals surface area (Å²) < 4.78 is 5.72. The minimum atomic E-state index is 0. The maximum atomic E-state index is 12.5. The molecule has 2 aromatic rings. The summed E-state index contributed by atoms with van der Waals surface area (Å²) >= 11 is 3.23. The summed E-state index contributed by atoms with van der Waals surface area (Å²) in [5, 5.41) is 0. The number of likely N-dealkylation sites (tertiary alicyclic amines) is 1. The lowest BCUT2D eigenvalue weighted by Crippen LogP contribution is -2.29. The van der Waals surface area contributed by atoms with Gasteiger partial charge in [0.05, 0.1) is 5.56 Å². The van der Waals surface area contributed by atoms with Crippen LogP contribution in [-0.4, -0.2) is 30.4 Å². The summed E-state index contributed by atoms with van der Waals surface area (Å²) in [5.41, 5.74) is 7.72. The summed E-state index contributed by atoms with van der Waals surface area (Å²) in [6.07, 6.45) is 1.49. The van der Waals surface area contributed by atoms with Crippen LogP contribution in [0.25, 0.3) is 0 Å². The van der Waals surface area contributed by atoms with Crippen molar-refractivity contribution < 1.29 is 9.21 Å². The molecule has 4 nitrogen and oxygen atoms in total. The maximum Gasteiger partial charge on any atom is 0.257 e. The van der Waals surface area contributed by atoms with E-state index in [2.05, 4.69) is 28.1 Å². The largest absolute Gasteiger partial charge is 0.457 e. The minimum absolute atomic E-state index is 0. The fraction of sp³-hybridized carbons (Fsp3) is 0.312. The van der Waals surface area contributed by atoms with Crippen molar-refractivity contribution >= 4 is 34.2 Å². The van der Waals surface area contributed by atoms with Crippen molar-refractivity contribution in [2.45, 2.75) is 5.92 Å². The van der Waals surface area contributed by atoms with Gasteiger partial charge in [-0.05, 0) is 34.0 Å². The van der Waals surface area contributed by atoms with E-state index in [4.69, 9.17) is 10.2 Å². The molecule has 0 unspecified atom stereocenters. The number of hydrogen-bond donors (Lipinski definition) is 1. The lowest BCUT2D eigenvalue weighted by molar-refractivity contribution is 0.0785. The highest BCUT2D eigenvalue weighted by Gasteiger charge is 2.35. The Morgan fingerprint density at radius 1 is 1.32 bits per heavy atom. The number of nitrogens with two attached hydrogens (primary N) is 1. The Kier molecular flexibility index (Phi) is 5.67. The van der Waals surface area contributed by atoms with Crippen molar-refractivity contribution in [3.05, 3.63) is 58.5 Å². The molecule has 6 heteroatoms. The first-order valence-electron chi connectivity index (χ1n) is 6.97. The molecule has 1 aliphatic heterocycles. The molecule has 118 valence electrons. The number of furan rings is 1. The topological polar surface area (TPSA) is 59.5 Å². The van der Waals surface area contributed by atoms with Crippen molar-refractivity contribution in [1.82, 2.24) is 4.90 Å². The van der Waals surface area contributed by atoms with Gasteiger partial charge >= 0.3 is 0 Å². The Labute approximate surface area is 144 Å². The van der Waals surface area contributed by atoms with Crippen LogP contribution in [0.2, 0.25) is 0 Å². The Morgan fingerprint density at radius 2 is 2.05 bits per heavy atom. The number of carbonyl (C=O) groups is 1. The van der Waals surface area contributed by atoms with E-state index in [1.54, 1.807) is 6.07 Å². The van der Waals surface area contributed by atoms with Gasteiger partial charge in [-0.2, -0.15) is 0 Å². The molecule has 1 aromatic carbocycles. The first-order valence-corrected chi connectivity index (χ1v) is 7.76. The first-order chi connectivity index (χ1) is 10.2. The van der Waals surface area contributed by atoms with Crippen molar-refractivity contribution in [2.75, 3.05) is 19.6 Å².